The summed E-state index contributed by atoms with van der Waals surface area (Å²) in [5, 5.41) is 28.9. The molecular formula is C43H50N6O6. The van der Waals surface area contributed by atoms with Crippen molar-refractivity contribution in [3.63, 3.8) is 0 Å². The number of β-amino-alcohol motifs (C(OH)–C–C–N with tert-alkyl or cyclic N) is 1. The number of carbonyl (C=O) groups is 3. The van der Waals surface area contributed by atoms with Gasteiger partial charge in [0.25, 0.3) is 11.8 Å². The lowest BCUT2D eigenvalue weighted by Gasteiger charge is -2.19. The Bertz CT molecular complexity index is 2080. The molecule has 2 aromatic heterocycles. The molecule has 4 aromatic rings. The molecule has 2 amide bonds. The standard InChI is InChI=1S/C43H50N6O6/c1-4-55-43(54)40(24-50)46-20-29-19-44-38(17-34(29)27-11-12-27)41(52)47-36-9-5-7-32(25(36)2)33-8-6-10-37(26(33)3)48-42(53)39-18-35(28-13-14-28)30(21-45-39)22-49-16-15-31(51)23-49/h5-10,17-19,21,27-28,31,40,46,50-51H,4,11-16,20,22-24H2,1-3H3,(H,47,52)(H,48,53)/t31-,40-/m1/s1. The van der Waals surface area contributed by atoms with Crippen molar-refractivity contribution in [2.75, 3.05) is 36.9 Å². The molecule has 2 saturated carbocycles. The first-order valence-electron chi connectivity index (χ1n) is 19.3. The van der Waals surface area contributed by atoms with Gasteiger partial charge in [0.05, 0.1) is 19.3 Å². The van der Waals surface area contributed by atoms with Crippen LogP contribution in [0.2, 0.25) is 0 Å². The molecule has 1 aliphatic heterocycles. The van der Waals surface area contributed by atoms with Gasteiger partial charge in [0.1, 0.15) is 17.4 Å². The van der Waals surface area contributed by atoms with Crippen LogP contribution in [0.3, 0.4) is 0 Å². The number of pyridine rings is 2. The Morgan fingerprint density at radius 1 is 0.836 bits per heavy atom. The van der Waals surface area contributed by atoms with Crippen molar-refractivity contribution >= 4 is 29.2 Å². The van der Waals surface area contributed by atoms with E-state index in [1.807, 2.05) is 68.6 Å². The van der Waals surface area contributed by atoms with Gasteiger partial charge in [-0.2, -0.15) is 0 Å². The molecule has 0 unspecified atom stereocenters. The van der Waals surface area contributed by atoms with Crippen molar-refractivity contribution in [2.45, 2.75) is 89.9 Å². The van der Waals surface area contributed by atoms with Gasteiger partial charge in [-0.1, -0.05) is 24.3 Å². The lowest BCUT2D eigenvalue weighted by molar-refractivity contribution is -0.146. The fourth-order valence-electron chi connectivity index (χ4n) is 7.47. The first-order chi connectivity index (χ1) is 26.6. The molecule has 12 nitrogen and oxygen atoms in total. The third-order valence-corrected chi connectivity index (χ3v) is 10.9. The number of esters is 1. The summed E-state index contributed by atoms with van der Waals surface area (Å²) in [6.45, 7) is 8.05. The average Bonchev–Trinajstić information content (AvgIpc) is 4.12. The maximum absolute atomic E-state index is 13.6. The number of aromatic nitrogens is 2. The maximum atomic E-state index is 13.6. The molecule has 2 aliphatic carbocycles. The Kier molecular flexibility index (Phi) is 11.7. The van der Waals surface area contributed by atoms with Crippen LogP contribution >= 0.6 is 0 Å². The molecule has 2 atom stereocenters. The fourth-order valence-corrected chi connectivity index (χ4v) is 7.47. The van der Waals surface area contributed by atoms with Crippen molar-refractivity contribution in [1.29, 1.82) is 0 Å². The number of benzene rings is 2. The monoisotopic (exact) mass is 746 g/mol. The summed E-state index contributed by atoms with van der Waals surface area (Å²) in [5.41, 5.74) is 9.80. The molecule has 5 N–H and O–H groups in total. The van der Waals surface area contributed by atoms with Gasteiger partial charge in [-0.3, -0.25) is 34.6 Å². The molecule has 0 radical (unpaired) electrons. The molecule has 3 heterocycles. The van der Waals surface area contributed by atoms with Crippen molar-refractivity contribution < 1.29 is 29.3 Å². The highest BCUT2D eigenvalue weighted by molar-refractivity contribution is 6.05. The van der Waals surface area contributed by atoms with Crippen LogP contribution in [0.25, 0.3) is 11.1 Å². The number of hydrogen-bond acceptors (Lipinski definition) is 10. The second-order valence-electron chi connectivity index (χ2n) is 15.0. The Balaban J connectivity index is 1.05. The number of nitrogens with one attached hydrogen (secondary N) is 3. The molecule has 55 heavy (non-hydrogen) atoms. The third kappa shape index (κ3) is 8.94. The van der Waals surface area contributed by atoms with Gasteiger partial charge in [0.2, 0.25) is 0 Å². The Morgan fingerprint density at radius 2 is 1.38 bits per heavy atom. The van der Waals surface area contributed by atoms with E-state index in [0.29, 0.717) is 47.7 Å². The Morgan fingerprint density at radius 3 is 1.87 bits per heavy atom. The van der Waals surface area contributed by atoms with Gasteiger partial charge >= 0.3 is 5.97 Å². The summed E-state index contributed by atoms with van der Waals surface area (Å²) in [4.78, 5) is 50.7. The maximum Gasteiger partial charge on any atom is 0.325 e. The molecule has 0 bridgehead atoms. The number of ether oxygens (including phenoxy) is 1. The van der Waals surface area contributed by atoms with Crippen LogP contribution < -0.4 is 16.0 Å². The van der Waals surface area contributed by atoms with E-state index in [1.165, 1.54) is 5.56 Å². The molecule has 3 aliphatic rings. The molecular weight excluding hydrogens is 697 g/mol. The summed E-state index contributed by atoms with van der Waals surface area (Å²) in [7, 11) is 0. The molecule has 3 fully saturated rings. The molecule has 288 valence electrons. The van der Waals surface area contributed by atoms with Crippen LogP contribution in [-0.4, -0.2) is 81.3 Å². The summed E-state index contributed by atoms with van der Waals surface area (Å²) in [5.74, 6) is -0.353. The number of rotatable bonds is 15. The van der Waals surface area contributed by atoms with Gasteiger partial charge in [-0.25, -0.2) is 0 Å². The van der Waals surface area contributed by atoms with E-state index >= 15 is 0 Å². The first kappa shape index (κ1) is 38.3. The lowest BCUT2D eigenvalue weighted by atomic mass is 9.94. The van der Waals surface area contributed by atoms with Crippen LogP contribution in [0.1, 0.15) is 105 Å². The summed E-state index contributed by atoms with van der Waals surface area (Å²) in [6, 6.07) is 14.5. The number of nitrogens with zero attached hydrogens (tertiary/aromatic N) is 3. The minimum Gasteiger partial charge on any atom is -0.465 e. The highest BCUT2D eigenvalue weighted by Gasteiger charge is 2.30. The summed E-state index contributed by atoms with van der Waals surface area (Å²) in [6.07, 6.45) is 8.23. The van der Waals surface area contributed by atoms with Crippen LogP contribution in [0.5, 0.6) is 0 Å². The molecule has 12 heteroatoms. The highest BCUT2D eigenvalue weighted by atomic mass is 16.5. The second kappa shape index (κ2) is 16.8. The molecule has 1 saturated heterocycles. The fraction of sp³-hybridized carbons (Fsp3) is 0.419. The summed E-state index contributed by atoms with van der Waals surface area (Å²) < 4.78 is 5.05. The predicted molar refractivity (Wildman–Crippen MR) is 210 cm³/mol. The average molecular weight is 747 g/mol. The van der Waals surface area contributed by atoms with Crippen LogP contribution in [0.4, 0.5) is 11.4 Å². The van der Waals surface area contributed by atoms with Gasteiger partial charge in [-0.05, 0) is 133 Å². The quantitative estimate of drug-likeness (QED) is 0.0968. The number of likely N-dealkylation sites (tertiary alicyclic amines) is 1. The first-order valence-corrected chi connectivity index (χ1v) is 19.3. The van der Waals surface area contributed by atoms with Gasteiger partial charge in [0, 0.05) is 49.9 Å². The number of carbonyl (C=O) groups excluding carboxylic acids is 3. The largest absolute Gasteiger partial charge is 0.465 e. The van der Waals surface area contributed by atoms with Gasteiger partial charge in [0.15, 0.2) is 0 Å². The number of aliphatic hydroxyl groups excluding tert-OH is 2. The number of aliphatic hydroxyl groups is 2. The van der Waals surface area contributed by atoms with E-state index in [-0.39, 0.29) is 31.1 Å². The van der Waals surface area contributed by atoms with E-state index in [1.54, 1.807) is 13.1 Å². The number of amides is 2. The SMILES string of the molecule is CCOC(=O)[C@@H](CO)NCc1cnc(C(=O)Nc2cccc(-c3cccc(NC(=O)c4cc(C5CC5)c(CN5CC[C@@H](O)C5)cn4)c3C)c2C)cc1C1CC1. The smallest absolute Gasteiger partial charge is 0.325 e. The van der Waals surface area contributed by atoms with Crippen molar-refractivity contribution in [2.24, 2.45) is 0 Å². The minimum atomic E-state index is -0.845. The van der Waals surface area contributed by atoms with E-state index in [4.69, 9.17) is 4.74 Å². The zero-order chi connectivity index (χ0) is 38.6. The predicted octanol–water partition coefficient (Wildman–Crippen LogP) is 5.60. The number of hydrogen-bond donors (Lipinski definition) is 5. The second-order valence-corrected chi connectivity index (χ2v) is 15.0. The van der Waals surface area contributed by atoms with Crippen molar-refractivity contribution in [1.82, 2.24) is 20.2 Å². The Labute approximate surface area is 321 Å². The molecule has 2 aromatic carbocycles. The van der Waals surface area contributed by atoms with Crippen LogP contribution in [-0.2, 0) is 22.6 Å². The van der Waals surface area contributed by atoms with E-state index in [9.17, 15) is 24.6 Å². The molecule has 0 spiro atoms. The topological polar surface area (TPSA) is 166 Å². The van der Waals surface area contributed by atoms with Crippen molar-refractivity contribution in [3.8, 4) is 11.1 Å². The normalized spacial score (nSPS) is 17.5. The highest BCUT2D eigenvalue weighted by Crippen LogP contribution is 2.43. The van der Waals surface area contributed by atoms with Crippen LogP contribution in [0.15, 0.2) is 60.9 Å². The zero-order valence-electron chi connectivity index (χ0n) is 31.7. The Hall–Kier alpha value is -5.01. The van der Waals surface area contributed by atoms with Gasteiger partial charge < -0.3 is 25.6 Å². The zero-order valence-corrected chi connectivity index (χ0v) is 31.7. The van der Waals surface area contributed by atoms with Gasteiger partial charge in [-0.15, -0.1) is 0 Å². The van der Waals surface area contributed by atoms with Crippen LogP contribution in [0, 0.1) is 13.8 Å². The van der Waals surface area contributed by atoms with Crippen molar-refractivity contribution in [3.05, 3.63) is 106 Å². The number of anilines is 2. The van der Waals surface area contributed by atoms with E-state index < -0.39 is 12.0 Å². The van der Waals surface area contributed by atoms with E-state index in [2.05, 4.69) is 30.8 Å². The lowest BCUT2D eigenvalue weighted by Crippen LogP contribution is -2.40. The third-order valence-electron chi connectivity index (χ3n) is 10.9. The van der Waals surface area contributed by atoms with E-state index in [0.717, 1.165) is 84.1 Å². The molecule has 7 rings (SSSR count). The summed E-state index contributed by atoms with van der Waals surface area (Å²) >= 11 is 0. The minimum absolute atomic E-state index is 0.227.